The van der Waals surface area contributed by atoms with E-state index in [4.69, 9.17) is 13.7 Å². The van der Waals surface area contributed by atoms with Gasteiger partial charge in [-0.15, -0.1) is 0 Å². The second-order valence-corrected chi connectivity index (χ2v) is 8.91. The summed E-state index contributed by atoms with van der Waals surface area (Å²) in [7, 11) is 1.75. The molecule has 3 aromatic carbocycles. The molecule has 0 aliphatic heterocycles. The maximum Gasteiger partial charge on any atom is 0.216 e. The van der Waals surface area contributed by atoms with Crippen molar-refractivity contribution in [1.82, 2.24) is 0 Å². The maximum atomic E-state index is 15.0. The van der Waals surface area contributed by atoms with E-state index in [1.165, 1.54) is 6.20 Å². The highest BCUT2D eigenvalue weighted by Gasteiger charge is 2.24. The molecule has 34 heavy (non-hydrogen) atoms. The van der Waals surface area contributed by atoms with Gasteiger partial charge in [-0.25, -0.2) is 9.24 Å². The molecule has 5 rings (SSSR count). The SMILES string of the molecule is [2H]C([2H])(c1cc(-c2c(C)ccc3c2oc2cc([N+]#[C-])cc(-c4ccccc4)c23)[n+](C)cc1F)C(C)C. The van der Waals surface area contributed by atoms with Crippen molar-refractivity contribution >= 4 is 27.6 Å². The zero-order chi connectivity index (χ0) is 25.8. The van der Waals surface area contributed by atoms with Crippen molar-refractivity contribution in [3.63, 3.8) is 0 Å². The molecule has 4 heteroatoms. The normalized spacial score (nSPS) is 12.7. The fourth-order valence-corrected chi connectivity index (χ4v) is 4.57. The first kappa shape index (κ1) is 19.5. The number of pyridine rings is 1. The van der Waals surface area contributed by atoms with Gasteiger partial charge in [0.2, 0.25) is 11.9 Å². The van der Waals surface area contributed by atoms with Crippen molar-refractivity contribution in [3.8, 4) is 22.4 Å². The Hall–Kier alpha value is -3.97. The first-order chi connectivity index (χ1) is 17.1. The lowest BCUT2D eigenvalue weighted by atomic mass is 9.95. The number of hydrogen-bond acceptors (Lipinski definition) is 1. The van der Waals surface area contributed by atoms with E-state index in [2.05, 4.69) is 4.85 Å². The van der Waals surface area contributed by atoms with E-state index in [-0.39, 0.29) is 5.56 Å². The summed E-state index contributed by atoms with van der Waals surface area (Å²) in [4.78, 5) is 3.66. The van der Waals surface area contributed by atoms with Gasteiger partial charge in [0.05, 0.1) is 12.1 Å². The van der Waals surface area contributed by atoms with E-state index in [0.717, 1.165) is 33.0 Å². The predicted molar refractivity (Wildman–Crippen MR) is 135 cm³/mol. The molecule has 2 aromatic heterocycles. The van der Waals surface area contributed by atoms with Gasteiger partial charge in [-0.05, 0) is 48.0 Å². The standard InChI is InChI=1S/C30H26FN2O/c1-18(2)13-21-14-26(33(5)17-25(21)31)28-19(3)11-12-23-29-24(20-9-7-6-8-10-20)15-22(32-4)16-27(29)34-30(23)28/h6-12,14-18H,13H2,1-3,5H3/q+1/i13D2. The number of rotatable bonds is 4. The minimum absolute atomic E-state index is 0.0263. The topological polar surface area (TPSA) is 21.4 Å². The highest BCUT2D eigenvalue weighted by atomic mass is 19.1. The molecular formula is C30H26FN2O+. The number of fused-ring (bicyclic) bond motifs is 3. The number of benzene rings is 3. The third kappa shape index (κ3) is 3.64. The average Bonchev–Trinajstić information content (AvgIpc) is 3.22. The van der Waals surface area contributed by atoms with E-state index >= 15 is 0 Å². The summed E-state index contributed by atoms with van der Waals surface area (Å²) in [6, 6.07) is 19.2. The minimum Gasteiger partial charge on any atom is -0.456 e. The average molecular weight is 452 g/mol. The summed E-state index contributed by atoms with van der Waals surface area (Å²) < 4.78 is 40.2. The zero-order valence-corrected chi connectivity index (χ0v) is 19.6. The molecule has 0 bridgehead atoms. The zero-order valence-electron chi connectivity index (χ0n) is 21.6. The smallest absolute Gasteiger partial charge is 0.216 e. The summed E-state index contributed by atoms with van der Waals surface area (Å²) in [6.07, 6.45) is -0.508. The molecule has 168 valence electrons. The highest BCUT2D eigenvalue weighted by molar-refractivity contribution is 6.16. The van der Waals surface area contributed by atoms with Crippen LogP contribution in [-0.2, 0) is 13.4 Å². The third-order valence-electron chi connectivity index (χ3n) is 6.07. The van der Waals surface area contributed by atoms with Crippen LogP contribution in [-0.4, -0.2) is 0 Å². The second kappa shape index (κ2) is 8.43. The van der Waals surface area contributed by atoms with Gasteiger partial charge in [-0.1, -0.05) is 56.3 Å². The molecule has 0 amide bonds. The largest absolute Gasteiger partial charge is 0.456 e. The van der Waals surface area contributed by atoms with E-state index in [1.807, 2.05) is 55.5 Å². The molecule has 0 aliphatic carbocycles. The van der Waals surface area contributed by atoms with Crippen LogP contribution in [0.3, 0.4) is 0 Å². The van der Waals surface area contributed by atoms with Crippen molar-refractivity contribution in [2.75, 3.05) is 0 Å². The van der Waals surface area contributed by atoms with Gasteiger partial charge in [0.15, 0.2) is 11.5 Å². The molecule has 0 fully saturated rings. The van der Waals surface area contributed by atoms with Crippen LogP contribution in [0.2, 0.25) is 0 Å². The third-order valence-corrected chi connectivity index (χ3v) is 6.07. The van der Waals surface area contributed by atoms with Crippen LogP contribution in [0.25, 0.3) is 49.2 Å². The summed E-state index contributed by atoms with van der Waals surface area (Å²) in [5.74, 6) is -0.987. The molecule has 2 heterocycles. The van der Waals surface area contributed by atoms with Crippen LogP contribution in [0.15, 0.2) is 71.3 Å². The Morgan fingerprint density at radius 1 is 1.12 bits per heavy atom. The highest BCUT2D eigenvalue weighted by Crippen LogP contribution is 2.43. The fraction of sp³-hybridized carbons (Fsp3) is 0.200. The summed E-state index contributed by atoms with van der Waals surface area (Å²) in [5, 5.41) is 1.80. The second-order valence-electron chi connectivity index (χ2n) is 8.91. The van der Waals surface area contributed by atoms with Crippen molar-refractivity contribution in [1.29, 1.82) is 0 Å². The Kier molecular flexibility index (Phi) is 4.83. The first-order valence-corrected chi connectivity index (χ1v) is 11.3. The molecular weight excluding hydrogens is 423 g/mol. The van der Waals surface area contributed by atoms with Gasteiger partial charge >= 0.3 is 0 Å². The van der Waals surface area contributed by atoms with Crippen LogP contribution < -0.4 is 4.57 Å². The predicted octanol–water partition coefficient (Wildman–Crippen LogP) is 7.94. The van der Waals surface area contributed by atoms with Crippen LogP contribution in [0.1, 0.15) is 27.7 Å². The van der Waals surface area contributed by atoms with E-state index in [0.29, 0.717) is 22.5 Å². The van der Waals surface area contributed by atoms with Crippen LogP contribution in [0.5, 0.6) is 0 Å². The molecule has 0 N–H and O–H groups in total. The van der Waals surface area contributed by atoms with Crippen molar-refractivity contribution in [2.24, 2.45) is 13.0 Å². The summed E-state index contributed by atoms with van der Waals surface area (Å²) in [6.45, 7) is 13.1. The van der Waals surface area contributed by atoms with Gasteiger partial charge < -0.3 is 4.42 Å². The number of aryl methyl sites for hydroxylation is 2. The molecule has 5 aromatic rings. The Labute approximate surface area is 201 Å². The van der Waals surface area contributed by atoms with Crippen LogP contribution >= 0.6 is 0 Å². The molecule has 0 atom stereocenters. The lowest BCUT2D eigenvalue weighted by molar-refractivity contribution is -0.662. The maximum absolute atomic E-state index is 15.0. The number of hydrogen-bond donors (Lipinski definition) is 0. The monoisotopic (exact) mass is 451 g/mol. The molecule has 0 unspecified atom stereocenters. The van der Waals surface area contributed by atoms with Crippen LogP contribution in [0, 0.1) is 25.2 Å². The van der Waals surface area contributed by atoms with Gasteiger partial charge in [-0.3, -0.25) is 0 Å². The molecule has 0 aliphatic rings. The van der Waals surface area contributed by atoms with Crippen molar-refractivity contribution in [3.05, 3.63) is 95.2 Å². The Balaban J connectivity index is 1.88. The number of nitrogens with zero attached hydrogens (tertiary/aromatic N) is 2. The molecule has 3 nitrogen and oxygen atoms in total. The van der Waals surface area contributed by atoms with Gasteiger partial charge in [0, 0.05) is 25.1 Å². The van der Waals surface area contributed by atoms with Crippen LogP contribution in [0.4, 0.5) is 10.1 Å². The van der Waals surface area contributed by atoms with E-state index in [9.17, 15) is 4.39 Å². The first-order valence-electron chi connectivity index (χ1n) is 12.3. The molecule has 0 saturated heterocycles. The lowest BCUT2D eigenvalue weighted by Gasteiger charge is -2.10. The van der Waals surface area contributed by atoms with Gasteiger partial charge in [-0.2, -0.15) is 4.57 Å². The Bertz CT molecular complexity index is 1680. The van der Waals surface area contributed by atoms with E-state index < -0.39 is 18.1 Å². The molecule has 0 spiro atoms. The van der Waals surface area contributed by atoms with Gasteiger partial charge in [0.25, 0.3) is 0 Å². The van der Waals surface area contributed by atoms with Gasteiger partial charge in [0.1, 0.15) is 18.2 Å². The minimum atomic E-state index is -1.84. The number of halogens is 1. The summed E-state index contributed by atoms with van der Waals surface area (Å²) in [5.41, 5.74) is 5.99. The van der Waals surface area contributed by atoms with Crippen molar-refractivity contribution < 1.29 is 16.1 Å². The van der Waals surface area contributed by atoms with E-state index in [1.54, 1.807) is 37.6 Å². The number of furan rings is 1. The quantitative estimate of drug-likeness (QED) is 0.201. The van der Waals surface area contributed by atoms with Crippen molar-refractivity contribution in [2.45, 2.75) is 27.1 Å². The Morgan fingerprint density at radius 3 is 2.59 bits per heavy atom. The number of aromatic nitrogens is 1. The lowest BCUT2D eigenvalue weighted by Crippen LogP contribution is -2.32. The molecule has 0 saturated carbocycles. The fourth-order valence-electron chi connectivity index (χ4n) is 4.57. The molecule has 0 radical (unpaired) electrons. The Morgan fingerprint density at radius 2 is 1.88 bits per heavy atom. The summed E-state index contributed by atoms with van der Waals surface area (Å²) >= 11 is 0.